The Kier molecular flexibility index (Phi) is 11.9. The fourth-order valence-corrected chi connectivity index (χ4v) is 8.64. The van der Waals surface area contributed by atoms with Crippen molar-refractivity contribution in [1.82, 2.24) is 0 Å². The van der Waals surface area contributed by atoms with Gasteiger partial charge in [0.15, 0.2) is 0 Å². The van der Waals surface area contributed by atoms with Gasteiger partial charge in [-0.25, -0.2) is 4.99 Å². The molecule has 6 aromatic carbocycles. The molecule has 0 aliphatic heterocycles. The Hall–Kier alpha value is -6.31. The Bertz CT molecular complexity index is 2570. The highest BCUT2D eigenvalue weighted by Crippen LogP contribution is 2.38. The number of benzene rings is 6. The van der Waals surface area contributed by atoms with Crippen molar-refractivity contribution < 1.29 is 0 Å². The summed E-state index contributed by atoms with van der Waals surface area (Å²) in [6.07, 6.45) is 23.0. The smallest absolute Gasteiger partial charge is 0.0741 e. The van der Waals surface area contributed by atoms with Gasteiger partial charge >= 0.3 is 0 Å². The molecule has 0 N–H and O–H groups in total. The summed E-state index contributed by atoms with van der Waals surface area (Å²) in [7, 11) is 0. The van der Waals surface area contributed by atoms with Crippen LogP contribution in [0.2, 0.25) is 0 Å². The number of nitrogens with zero attached hydrogens (tertiary/aromatic N) is 1. The molecule has 0 fully saturated rings. The van der Waals surface area contributed by atoms with Gasteiger partial charge in [0.05, 0.1) is 11.4 Å². The Morgan fingerprint density at radius 2 is 1.45 bits per heavy atom. The van der Waals surface area contributed by atoms with Crippen molar-refractivity contribution in [3.63, 3.8) is 0 Å². The van der Waals surface area contributed by atoms with Crippen molar-refractivity contribution in [2.75, 3.05) is 0 Å². The molecule has 0 spiro atoms. The van der Waals surface area contributed by atoms with Crippen LogP contribution in [0.4, 0.5) is 0 Å². The molecule has 286 valence electrons. The van der Waals surface area contributed by atoms with E-state index in [1.807, 2.05) is 12.2 Å². The topological polar surface area (TPSA) is 12.4 Å². The minimum absolute atomic E-state index is 0.0192. The number of rotatable bonds is 12. The summed E-state index contributed by atoms with van der Waals surface area (Å²) in [4.78, 5) is 5.46. The molecule has 0 bridgehead atoms. The molecule has 3 atom stereocenters. The van der Waals surface area contributed by atoms with Crippen LogP contribution in [-0.4, -0.2) is 5.71 Å². The maximum absolute atomic E-state index is 5.46. The minimum atomic E-state index is 0.0192. The van der Waals surface area contributed by atoms with Crippen LogP contribution in [0.5, 0.6) is 0 Å². The molecule has 2 aliphatic carbocycles. The van der Waals surface area contributed by atoms with Gasteiger partial charge in [0.2, 0.25) is 0 Å². The van der Waals surface area contributed by atoms with Crippen molar-refractivity contribution in [3.05, 3.63) is 234 Å². The number of aryl methyl sites for hydroxylation is 1. The summed E-state index contributed by atoms with van der Waals surface area (Å²) in [6, 6.07) is 49.2. The van der Waals surface area contributed by atoms with Gasteiger partial charge < -0.3 is 0 Å². The van der Waals surface area contributed by atoms with E-state index in [-0.39, 0.29) is 5.92 Å². The van der Waals surface area contributed by atoms with Crippen LogP contribution < -0.4 is 0 Å². The summed E-state index contributed by atoms with van der Waals surface area (Å²) in [5.74, 6) is 0.883. The van der Waals surface area contributed by atoms with Crippen LogP contribution in [0, 0.1) is 0 Å². The molecule has 2 aliphatic rings. The van der Waals surface area contributed by atoms with Crippen molar-refractivity contribution >= 4 is 22.2 Å². The van der Waals surface area contributed by atoms with Crippen molar-refractivity contribution in [2.45, 2.75) is 63.7 Å². The maximum Gasteiger partial charge on any atom is 0.0741 e. The second-order valence-electron chi connectivity index (χ2n) is 15.7. The van der Waals surface area contributed by atoms with Crippen LogP contribution in [0.25, 0.3) is 38.7 Å². The van der Waals surface area contributed by atoms with Crippen molar-refractivity contribution in [3.8, 4) is 22.3 Å². The lowest BCUT2D eigenvalue weighted by molar-refractivity contribution is 0.654. The van der Waals surface area contributed by atoms with Gasteiger partial charge in [-0.15, -0.1) is 0 Å². The summed E-state index contributed by atoms with van der Waals surface area (Å²) < 4.78 is 0. The number of allylic oxidation sites excluding steroid dienone is 9. The second kappa shape index (κ2) is 17.9. The molecule has 58 heavy (non-hydrogen) atoms. The molecule has 0 saturated carbocycles. The average Bonchev–Trinajstić information content (AvgIpc) is 3.30. The molecule has 0 heterocycles. The van der Waals surface area contributed by atoms with E-state index in [4.69, 9.17) is 11.6 Å². The number of hydrogen-bond acceptors (Lipinski definition) is 1. The predicted octanol–water partition coefficient (Wildman–Crippen LogP) is 15.5. The zero-order valence-corrected chi connectivity index (χ0v) is 33.9. The van der Waals surface area contributed by atoms with E-state index in [2.05, 4.69) is 190 Å². The Morgan fingerprint density at radius 1 is 0.724 bits per heavy atom. The van der Waals surface area contributed by atoms with Crippen molar-refractivity contribution in [1.29, 1.82) is 0 Å². The highest BCUT2D eigenvalue weighted by Gasteiger charge is 2.20. The largest absolute Gasteiger partial charge is 0.248 e. The van der Waals surface area contributed by atoms with E-state index in [0.29, 0.717) is 11.8 Å². The van der Waals surface area contributed by atoms with Crippen LogP contribution in [-0.2, 0) is 6.42 Å². The first kappa shape index (κ1) is 38.6. The Balaban J connectivity index is 1.13. The van der Waals surface area contributed by atoms with E-state index >= 15 is 0 Å². The van der Waals surface area contributed by atoms with Crippen LogP contribution >= 0.6 is 0 Å². The molecule has 1 nitrogen and oxygen atoms in total. The number of fused-ring (bicyclic) bond motifs is 1. The van der Waals surface area contributed by atoms with Gasteiger partial charge in [0.1, 0.15) is 0 Å². The molecular weight excluding hydrogens is 699 g/mol. The average molecular weight is 752 g/mol. The molecule has 6 aromatic rings. The molecular formula is C57H53N. The summed E-state index contributed by atoms with van der Waals surface area (Å²) in [6.45, 7) is 13.4. The van der Waals surface area contributed by atoms with E-state index in [9.17, 15) is 0 Å². The van der Waals surface area contributed by atoms with Gasteiger partial charge in [0, 0.05) is 28.9 Å². The predicted molar refractivity (Wildman–Crippen MR) is 251 cm³/mol. The summed E-state index contributed by atoms with van der Waals surface area (Å²) in [5.41, 5.74) is 15.1. The SMILES string of the molecule is C=C/C=C(/N=C(\C(=C)C(C)c1ccc(-c2c(CC)cccc2-c2ccc3ccccc3c2)cc1)c1ccc(C2C=CC=CC2)cc1)c1ccc(C2C=CCCC2)cc1. The van der Waals surface area contributed by atoms with Crippen LogP contribution in [0.15, 0.2) is 206 Å². The van der Waals surface area contributed by atoms with Crippen molar-refractivity contribution in [2.24, 2.45) is 4.99 Å². The molecule has 3 unspecified atom stereocenters. The summed E-state index contributed by atoms with van der Waals surface area (Å²) >= 11 is 0. The number of hydrogen-bond donors (Lipinski definition) is 0. The minimum Gasteiger partial charge on any atom is -0.248 e. The van der Waals surface area contributed by atoms with E-state index in [1.165, 1.54) is 74.5 Å². The van der Waals surface area contributed by atoms with Gasteiger partial charge in [-0.2, -0.15) is 0 Å². The number of aliphatic imine (C=N–C) groups is 1. The molecule has 0 radical (unpaired) electrons. The highest BCUT2D eigenvalue weighted by atomic mass is 14.8. The fraction of sp³-hybridized carbons (Fsp3) is 0.175. The fourth-order valence-electron chi connectivity index (χ4n) is 8.64. The lowest BCUT2D eigenvalue weighted by atomic mass is 9.85. The first-order valence-electron chi connectivity index (χ1n) is 21.0. The molecule has 0 amide bonds. The normalized spacial score (nSPS) is 17.3. The lowest BCUT2D eigenvalue weighted by Crippen LogP contribution is -2.11. The van der Waals surface area contributed by atoms with Gasteiger partial charge in [-0.05, 0) is 105 Å². The zero-order valence-electron chi connectivity index (χ0n) is 33.9. The van der Waals surface area contributed by atoms with Gasteiger partial charge in [0.25, 0.3) is 0 Å². The molecule has 0 aromatic heterocycles. The van der Waals surface area contributed by atoms with Gasteiger partial charge in [-0.3, -0.25) is 0 Å². The molecule has 8 rings (SSSR count). The standard InChI is InChI=1S/C57H53N/c1-5-16-55(49-32-27-47(28-33-49)44-17-9-7-10-18-44)58-57(51-36-29-48(30-37-51)45-19-11-8-12-20-45)41(4)40(3)43-25-34-50(35-26-43)56-42(6-2)23-15-24-54(56)53-38-31-46-21-13-14-22-52(46)39-53/h5,8-9,11-17,19,21-40,44-45H,1,4,6-7,10,18,20H2,2-3H3/b55-16+,58-57+. The first-order valence-corrected chi connectivity index (χ1v) is 21.0. The summed E-state index contributed by atoms with van der Waals surface area (Å²) in [5, 5.41) is 2.51. The second-order valence-corrected chi connectivity index (χ2v) is 15.7. The maximum atomic E-state index is 5.46. The van der Waals surface area contributed by atoms with Gasteiger partial charge in [-0.1, -0.05) is 197 Å². The van der Waals surface area contributed by atoms with E-state index in [0.717, 1.165) is 41.0 Å². The van der Waals surface area contributed by atoms with E-state index < -0.39 is 0 Å². The zero-order chi connectivity index (χ0) is 39.8. The third kappa shape index (κ3) is 8.36. The highest BCUT2D eigenvalue weighted by molar-refractivity contribution is 6.15. The Morgan fingerprint density at radius 3 is 2.14 bits per heavy atom. The molecule has 1 heteroatoms. The monoisotopic (exact) mass is 751 g/mol. The first-order chi connectivity index (χ1) is 28.5. The third-order valence-electron chi connectivity index (χ3n) is 12.1. The van der Waals surface area contributed by atoms with Crippen LogP contribution in [0.3, 0.4) is 0 Å². The van der Waals surface area contributed by atoms with Crippen LogP contribution in [0.1, 0.15) is 90.7 Å². The van der Waals surface area contributed by atoms with E-state index in [1.54, 1.807) is 0 Å². The lowest BCUT2D eigenvalue weighted by Gasteiger charge is -2.21. The molecule has 0 saturated heterocycles. The Labute approximate surface area is 345 Å². The third-order valence-corrected chi connectivity index (χ3v) is 12.1. The quantitative estimate of drug-likeness (QED) is 0.0671.